The highest BCUT2D eigenvalue weighted by Crippen LogP contribution is 2.58. The van der Waals surface area contributed by atoms with Gasteiger partial charge in [0.1, 0.15) is 11.5 Å². The van der Waals surface area contributed by atoms with Gasteiger partial charge in [-0.15, -0.1) is 0 Å². The van der Waals surface area contributed by atoms with Crippen molar-refractivity contribution in [1.82, 2.24) is 4.90 Å². The average molecular weight is 423 g/mol. The summed E-state index contributed by atoms with van der Waals surface area (Å²) in [6.45, 7) is 0.174. The molecule has 31 heavy (non-hydrogen) atoms. The number of benzene rings is 2. The number of carbonyl (C=O) groups excluding carboxylic acids is 2. The lowest BCUT2D eigenvalue weighted by Gasteiger charge is -2.44. The molecule has 1 aliphatic carbocycles. The third kappa shape index (κ3) is 3.20. The first-order valence-electron chi connectivity index (χ1n) is 10.6. The molecule has 5 rings (SSSR count). The molecule has 0 radical (unpaired) electrons. The first-order valence-corrected chi connectivity index (χ1v) is 10.6. The molecule has 7 nitrogen and oxygen atoms in total. The van der Waals surface area contributed by atoms with E-state index in [1.807, 2.05) is 30.3 Å². The topological polar surface area (TPSA) is 96.3 Å². The van der Waals surface area contributed by atoms with Gasteiger partial charge in [0.15, 0.2) is 5.79 Å². The van der Waals surface area contributed by atoms with E-state index in [-0.39, 0.29) is 24.2 Å². The lowest BCUT2D eigenvalue weighted by molar-refractivity contribution is -0.272. The average Bonchev–Trinajstić information content (AvgIpc) is 3.24. The van der Waals surface area contributed by atoms with Crippen molar-refractivity contribution in [2.24, 2.45) is 23.7 Å². The summed E-state index contributed by atoms with van der Waals surface area (Å²) in [5.41, 5.74) is 0.810. The Morgan fingerprint density at radius 1 is 1.06 bits per heavy atom. The highest BCUT2D eigenvalue weighted by molar-refractivity contribution is 6.05. The van der Waals surface area contributed by atoms with Crippen LogP contribution in [-0.2, 0) is 14.3 Å². The summed E-state index contributed by atoms with van der Waals surface area (Å²) in [5, 5.41) is 21.3. The second-order valence-corrected chi connectivity index (χ2v) is 8.72. The van der Waals surface area contributed by atoms with Gasteiger partial charge in [0.05, 0.1) is 24.5 Å². The van der Waals surface area contributed by atoms with Crippen LogP contribution in [0.15, 0.2) is 54.6 Å². The number of aliphatic hydroxyl groups is 1. The van der Waals surface area contributed by atoms with E-state index in [0.717, 1.165) is 5.56 Å². The maximum Gasteiger partial charge on any atom is 0.233 e. The van der Waals surface area contributed by atoms with E-state index in [0.29, 0.717) is 18.6 Å². The van der Waals surface area contributed by atoms with Crippen LogP contribution >= 0.6 is 0 Å². The zero-order chi connectivity index (χ0) is 21.8. The number of ether oxygens (including phenoxy) is 2. The van der Waals surface area contributed by atoms with Gasteiger partial charge in [-0.2, -0.15) is 0 Å². The van der Waals surface area contributed by atoms with Gasteiger partial charge in [0.25, 0.3) is 0 Å². The Morgan fingerprint density at radius 3 is 2.48 bits per heavy atom. The molecule has 1 saturated carbocycles. The third-order valence-corrected chi connectivity index (χ3v) is 7.04. The largest absolute Gasteiger partial charge is 0.508 e. The minimum Gasteiger partial charge on any atom is -0.508 e. The van der Waals surface area contributed by atoms with E-state index in [1.165, 1.54) is 11.9 Å². The number of nitrogens with zero attached hydrogens (tertiary/aromatic N) is 1. The van der Waals surface area contributed by atoms with E-state index in [2.05, 4.69) is 0 Å². The molecule has 2 aromatic rings. The highest BCUT2D eigenvalue weighted by Gasteiger charge is 2.66. The second kappa shape index (κ2) is 7.35. The molecule has 3 fully saturated rings. The third-order valence-electron chi connectivity index (χ3n) is 7.04. The van der Waals surface area contributed by atoms with Crippen molar-refractivity contribution in [2.45, 2.75) is 24.7 Å². The number of hydrogen-bond donors (Lipinski definition) is 2. The van der Waals surface area contributed by atoms with Gasteiger partial charge in [-0.05, 0) is 42.7 Å². The van der Waals surface area contributed by atoms with Crippen LogP contribution in [0.25, 0.3) is 0 Å². The number of phenolic OH excluding ortho intramolecular Hbond substituents is 1. The van der Waals surface area contributed by atoms with E-state index in [1.54, 1.807) is 24.3 Å². The van der Waals surface area contributed by atoms with Gasteiger partial charge in [0.2, 0.25) is 11.8 Å². The molecule has 0 bridgehead atoms. The summed E-state index contributed by atoms with van der Waals surface area (Å²) in [6.07, 6.45) is 0.293. The van der Waals surface area contributed by atoms with Gasteiger partial charge < -0.3 is 19.7 Å². The van der Waals surface area contributed by atoms with Gasteiger partial charge in [-0.1, -0.05) is 30.3 Å². The van der Waals surface area contributed by atoms with Crippen LogP contribution in [0, 0.1) is 23.7 Å². The van der Waals surface area contributed by atoms with E-state index < -0.39 is 35.6 Å². The number of fused-ring (bicyclic) bond motifs is 3. The lowest BCUT2D eigenvalue weighted by Crippen LogP contribution is -2.55. The maximum absolute atomic E-state index is 12.9. The van der Waals surface area contributed by atoms with E-state index in [9.17, 15) is 19.8 Å². The summed E-state index contributed by atoms with van der Waals surface area (Å²) < 4.78 is 12.1. The van der Waals surface area contributed by atoms with Crippen LogP contribution in [-0.4, -0.2) is 46.4 Å². The Kier molecular flexibility index (Phi) is 4.75. The molecule has 2 saturated heterocycles. The van der Waals surface area contributed by atoms with Crippen LogP contribution in [0.4, 0.5) is 0 Å². The summed E-state index contributed by atoms with van der Waals surface area (Å²) in [5.74, 6) is -3.29. The standard InChI is InChI=1S/C24H25NO6/c1-25-22(27)18-11-15(13-30-17-5-3-2-4-6-17)24(29)19(21(18)23(25)28)12-20(31-24)14-7-9-16(26)10-8-14/h2-10,15,18-21,26,29H,11-13H2,1H3/t15-,18+,19+,20+,21+,24-/m1/s1. The highest BCUT2D eigenvalue weighted by atomic mass is 16.6. The van der Waals surface area contributed by atoms with Crippen LogP contribution in [0.2, 0.25) is 0 Å². The molecule has 2 aromatic carbocycles. The first-order chi connectivity index (χ1) is 14.9. The molecular weight excluding hydrogens is 398 g/mol. The number of aromatic hydroxyl groups is 1. The molecule has 2 aliphatic heterocycles. The molecule has 2 N–H and O–H groups in total. The number of para-hydroxylation sites is 1. The number of hydrogen-bond acceptors (Lipinski definition) is 6. The number of carbonyl (C=O) groups is 2. The van der Waals surface area contributed by atoms with Crippen LogP contribution < -0.4 is 4.74 Å². The molecule has 0 unspecified atom stereocenters. The SMILES string of the molecule is CN1C(=O)[C@H]2[C@H](C[C@H](COc3ccccc3)[C@@]3(O)O[C@H](c4ccc(O)cc4)C[C@@H]23)C1=O. The van der Waals surface area contributed by atoms with Crippen molar-refractivity contribution in [3.63, 3.8) is 0 Å². The van der Waals surface area contributed by atoms with Crippen molar-refractivity contribution in [3.8, 4) is 11.5 Å². The smallest absolute Gasteiger partial charge is 0.233 e. The Balaban J connectivity index is 1.47. The lowest BCUT2D eigenvalue weighted by atomic mass is 9.64. The molecule has 162 valence electrons. The van der Waals surface area contributed by atoms with E-state index in [4.69, 9.17) is 9.47 Å². The van der Waals surface area contributed by atoms with Crippen molar-refractivity contribution in [2.75, 3.05) is 13.7 Å². The van der Waals surface area contributed by atoms with Gasteiger partial charge in [-0.3, -0.25) is 14.5 Å². The van der Waals surface area contributed by atoms with Gasteiger partial charge in [-0.25, -0.2) is 0 Å². The minimum atomic E-state index is -1.58. The maximum atomic E-state index is 12.9. The molecule has 0 aromatic heterocycles. The van der Waals surface area contributed by atoms with Crippen molar-refractivity contribution in [1.29, 1.82) is 0 Å². The fourth-order valence-corrected chi connectivity index (χ4v) is 5.44. The monoisotopic (exact) mass is 423 g/mol. The normalized spacial score (nSPS) is 34.5. The summed E-state index contributed by atoms with van der Waals surface area (Å²) >= 11 is 0. The van der Waals surface area contributed by atoms with E-state index >= 15 is 0 Å². The van der Waals surface area contributed by atoms with Crippen molar-refractivity contribution >= 4 is 11.8 Å². The molecule has 6 atom stereocenters. The summed E-state index contributed by atoms with van der Waals surface area (Å²) in [4.78, 5) is 26.8. The fourth-order valence-electron chi connectivity index (χ4n) is 5.44. The van der Waals surface area contributed by atoms with Crippen LogP contribution in [0.5, 0.6) is 11.5 Å². The number of imide groups is 1. The zero-order valence-electron chi connectivity index (χ0n) is 17.2. The second-order valence-electron chi connectivity index (χ2n) is 8.72. The Hall–Kier alpha value is -2.90. The summed E-state index contributed by atoms with van der Waals surface area (Å²) in [6, 6.07) is 15.9. The molecule has 2 amide bonds. The Morgan fingerprint density at radius 2 is 1.77 bits per heavy atom. The first kappa shape index (κ1) is 20.0. The number of likely N-dealkylation sites (tertiary alicyclic amines) is 1. The van der Waals surface area contributed by atoms with Crippen molar-refractivity contribution < 1.29 is 29.3 Å². The van der Waals surface area contributed by atoms with Gasteiger partial charge >= 0.3 is 0 Å². The minimum absolute atomic E-state index is 0.144. The molecule has 2 heterocycles. The van der Waals surface area contributed by atoms with Crippen LogP contribution in [0.1, 0.15) is 24.5 Å². The molecule has 3 aliphatic rings. The predicted molar refractivity (Wildman–Crippen MR) is 110 cm³/mol. The number of phenols is 1. The van der Waals surface area contributed by atoms with Gasteiger partial charge in [0, 0.05) is 18.9 Å². The fraction of sp³-hybridized carbons (Fsp3) is 0.417. The number of rotatable bonds is 4. The van der Waals surface area contributed by atoms with Crippen molar-refractivity contribution in [3.05, 3.63) is 60.2 Å². The quantitative estimate of drug-likeness (QED) is 0.734. The zero-order valence-corrected chi connectivity index (χ0v) is 17.2. The Bertz CT molecular complexity index is 993. The Labute approximate surface area is 180 Å². The van der Waals surface area contributed by atoms with Crippen LogP contribution in [0.3, 0.4) is 0 Å². The predicted octanol–water partition coefficient (Wildman–Crippen LogP) is 2.49. The summed E-state index contributed by atoms with van der Waals surface area (Å²) in [7, 11) is 1.50. The molecular formula is C24H25NO6. The number of amides is 2. The molecule has 0 spiro atoms. The molecule has 7 heteroatoms.